The average molecular weight is 1280 g/mol. The predicted molar refractivity (Wildman–Crippen MR) is 333 cm³/mol. The van der Waals surface area contributed by atoms with Gasteiger partial charge in [-0.25, -0.2) is 0 Å². The summed E-state index contributed by atoms with van der Waals surface area (Å²) in [6, 6.07) is 21.7. The number of hydrogen-bond donors (Lipinski definition) is 4. The number of Topliss-reactive ketones (excluding diaryl/α,β-unsaturated/α-hetero) is 4. The molecule has 10 rings (SSSR count). The van der Waals surface area contributed by atoms with Gasteiger partial charge in [-0.05, 0) is 70.1 Å². The first-order valence-electron chi connectivity index (χ1n) is 28.5. The molecule has 0 spiro atoms. The summed E-state index contributed by atoms with van der Waals surface area (Å²) in [5.41, 5.74) is 0. The quantitative estimate of drug-likeness (QED) is 0.0654. The van der Waals surface area contributed by atoms with Gasteiger partial charge in [-0.15, -0.1) is 45.3 Å². The lowest BCUT2D eigenvalue weighted by Gasteiger charge is -2.16. The molecule has 24 heteroatoms. The maximum Gasteiger partial charge on any atom is 0.306 e. The van der Waals surface area contributed by atoms with Crippen molar-refractivity contribution in [2.24, 2.45) is 23.7 Å². The van der Waals surface area contributed by atoms with Gasteiger partial charge in [0.15, 0.2) is 69.1 Å². The van der Waals surface area contributed by atoms with Gasteiger partial charge in [-0.3, -0.25) is 38.4 Å². The highest BCUT2D eigenvalue weighted by Crippen LogP contribution is 2.42. The highest BCUT2D eigenvalue weighted by atomic mass is 32.1. The number of carbonyl (C=O) groups excluding carboxylic acids is 4. The Bertz CT molecular complexity index is 3270. The minimum absolute atomic E-state index is 0.0689. The van der Waals surface area contributed by atoms with Gasteiger partial charge in [0, 0.05) is 94.4 Å². The highest BCUT2D eigenvalue weighted by Gasteiger charge is 2.25. The zero-order valence-corrected chi connectivity index (χ0v) is 51.8. The average Bonchev–Trinajstić information content (AvgIpc) is 2.72. The summed E-state index contributed by atoms with van der Waals surface area (Å²) in [4.78, 5) is 97.4. The summed E-state index contributed by atoms with van der Waals surface area (Å²) in [6.07, 6.45) is 1.93. The Balaban J connectivity index is 0.000000209. The molecule has 0 saturated heterocycles. The third-order valence-corrected chi connectivity index (χ3v) is 18.9. The first-order valence-corrected chi connectivity index (χ1v) is 31.8. The molecule has 0 aliphatic carbocycles. The molecule has 8 aromatic rings. The summed E-state index contributed by atoms with van der Waals surface area (Å²) in [7, 11) is 0. The normalized spacial score (nSPS) is 15.3. The highest BCUT2D eigenvalue weighted by molar-refractivity contribution is 7.22. The van der Waals surface area contributed by atoms with Gasteiger partial charge >= 0.3 is 23.9 Å². The number of fused-ring (bicyclic) bond motifs is 8. The van der Waals surface area contributed by atoms with Crippen molar-refractivity contribution in [2.75, 3.05) is 52.9 Å². The van der Waals surface area contributed by atoms with Crippen molar-refractivity contribution in [3.8, 4) is 46.0 Å². The van der Waals surface area contributed by atoms with Crippen LogP contribution < -0.4 is 37.9 Å². The number of ether oxygens (including phenoxy) is 8. The van der Waals surface area contributed by atoms with Crippen LogP contribution in [0.15, 0.2) is 72.8 Å². The predicted octanol–water partition coefficient (Wildman–Crippen LogP) is 13.4. The third kappa shape index (κ3) is 16.2. The smallest absolute Gasteiger partial charge is 0.306 e. The van der Waals surface area contributed by atoms with Gasteiger partial charge in [0.1, 0.15) is 0 Å². The van der Waals surface area contributed by atoms with E-state index in [4.69, 9.17) is 58.3 Å². The van der Waals surface area contributed by atoms with Crippen molar-refractivity contribution < 1.29 is 96.7 Å². The zero-order valence-electron chi connectivity index (χ0n) is 48.5. The van der Waals surface area contributed by atoms with E-state index in [0.29, 0.717) is 144 Å². The summed E-state index contributed by atoms with van der Waals surface area (Å²) in [5, 5.41) is 39.9. The van der Waals surface area contributed by atoms with Crippen molar-refractivity contribution in [1.29, 1.82) is 0 Å². The second-order valence-corrected chi connectivity index (χ2v) is 25.8. The van der Waals surface area contributed by atoms with Crippen LogP contribution in [0.1, 0.15) is 118 Å². The van der Waals surface area contributed by atoms with Crippen LogP contribution in [0.2, 0.25) is 0 Å². The third-order valence-electron chi connectivity index (χ3n) is 14.3. The Morgan fingerprint density at radius 3 is 0.648 bits per heavy atom. The molecule has 6 heterocycles. The Labute approximate surface area is 520 Å². The number of carboxylic acids is 4. The first kappa shape index (κ1) is 64.2. The molecule has 0 fully saturated rings. The van der Waals surface area contributed by atoms with Gasteiger partial charge in [0.2, 0.25) is 0 Å². The van der Waals surface area contributed by atoms with E-state index < -0.39 is 47.5 Å². The van der Waals surface area contributed by atoms with Crippen LogP contribution in [-0.4, -0.2) is 120 Å². The lowest BCUT2D eigenvalue weighted by atomic mass is 10.0. The van der Waals surface area contributed by atoms with Gasteiger partial charge < -0.3 is 58.3 Å². The summed E-state index contributed by atoms with van der Waals surface area (Å²) < 4.78 is 51.9. The van der Waals surface area contributed by atoms with E-state index in [9.17, 15) is 38.4 Å². The van der Waals surface area contributed by atoms with Gasteiger partial charge in [-0.2, -0.15) is 0 Å². The molecule has 4 N–H and O–H groups in total. The van der Waals surface area contributed by atoms with E-state index >= 15 is 0 Å². The molecule has 0 amide bonds. The largest absolute Gasteiger partial charge is 0.490 e. The summed E-state index contributed by atoms with van der Waals surface area (Å²) in [5.74, 6) is -3.57. The van der Waals surface area contributed by atoms with Crippen molar-refractivity contribution in [3.63, 3.8) is 0 Å². The fraction of sp³-hybridized carbons (Fsp3) is 0.375. The monoisotopic (exact) mass is 1280 g/mol. The zero-order chi connectivity index (χ0) is 62.8. The SMILES string of the molecule is C[C@@H](CC(=O)c1cc2cc3c(cc2s1)OCCCOc1cc2cc(C(=O)C[C@H](C)C(=O)O)sc2cc1OCCCO3)C(=O)O.C[C@@H](CC(=O)c1cc2cc3c(cc2s1)OCCCOc1cc2sc(C(=O)C[C@H](C)C(=O)O)cc2cc1OCCCO3)C(=O)O. The summed E-state index contributed by atoms with van der Waals surface area (Å²) >= 11 is 5.19. The van der Waals surface area contributed by atoms with Crippen LogP contribution >= 0.6 is 45.3 Å². The first-order chi connectivity index (χ1) is 42.2. The molecule has 4 aromatic heterocycles. The minimum Gasteiger partial charge on any atom is -0.490 e. The molecule has 20 nitrogen and oxygen atoms in total. The van der Waals surface area contributed by atoms with Crippen molar-refractivity contribution in [2.45, 2.75) is 79.1 Å². The Kier molecular flexibility index (Phi) is 21.2. The molecular formula is C64H64O20S4. The molecule has 0 bridgehead atoms. The van der Waals surface area contributed by atoms with Gasteiger partial charge in [0.05, 0.1) is 96.0 Å². The lowest BCUT2D eigenvalue weighted by Crippen LogP contribution is -2.13. The van der Waals surface area contributed by atoms with Gasteiger partial charge in [-0.1, -0.05) is 27.7 Å². The van der Waals surface area contributed by atoms with Crippen molar-refractivity contribution in [1.82, 2.24) is 0 Å². The molecule has 464 valence electrons. The molecule has 2 aliphatic rings. The second-order valence-electron chi connectivity index (χ2n) is 21.5. The fourth-order valence-corrected chi connectivity index (χ4v) is 13.3. The fourth-order valence-electron chi connectivity index (χ4n) is 9.20. The van der Waals surface area contributed by atoms with Crippen LogP contribution in [0.25, 0.3) is 40.3 Å². The molecule has 4 atom stereocenters. The molecule has 4 aromatic carbocycles. The van der Waals surface area contributed by atoms with E-state index in [-0.39, 0.29) is 48.8 Å². The number of carboxylic acid groups (broad SMARTS) is 4. The number of carbonyl (C=O) groups is 8. The number of rotatable bonds is 16. The Hall–Kier alpha value is -8.32. The molecule has 0 radical (unpaired) electrons. The van der Waals surface area contributed by atoms with Crippen LogP contribution in [0, 0.1) is 23.7 Å². The number of benzene rings is 4. The van der Waals surface area contributed by atoms with Crippen LogP contribution in [-0.2, 0) is 19.2 Å². The number of thiophene rings is 4. The van der Waals surface area contributed by atoms with Crippen LogP contribution in [0.5, 0.6) is 46.0 Å². The molecule has 0 unspecified atom stereocenters. The number of hydrogen-bond acceptors (Lipinski definition) is 20. The topological polar surface area (TPSA) is 291 Å². The second kappa shape index (κ2) is 29.1. The van der Waals surface area contributed by atoms with E-state index in [1.165, 1.54) is 73.0 Å². The Morgan fingerprint density at radius 1 is 0.307 bits per heavy atom. The molecule has 88 heavy (non-hydrogen) atoms. The van der Waals surface area contributed by atoms with E-state index in [1.807, 2.05) is 48.5 Å². The Morgan fingerprint density at radius 2 is 0.477 bits per heavy atom. The van der Waals surface area contributed by atoms with Crippen LogP contribution in [0.4, 0.5) is 0 Å². The van der Waals surface area contributed by atoms with Gasteiger partial charge in [0.25, 0.3) is 0 Å². The standard InChI is InChI=1S/2C32H32O10S2/c1-17(31(35)36)9-21(33)29-13-19-11-23-25(15-27(19)43-29)41-7-4-6-40-24-12-20-14-30(22(34)10-18(2)32(37)38)44-28(20)16-26(24)42-8-3-5-39-23;1-17(31(35)36)9-21(33)29-13-19-11-23-25(15-27(19)43-29)41-7-4-8-42-26-16-28-20(12-24(26)40-6-3-5-39-23)14-30(44-28)22(34)10-18(2)32(37)38/h2*11-18H,3-10H2,1-2H3,(H,35,36)(H,37,38)/t2*17-,18-/m00/s1. The van der Waals surface area contributed by atoms with E-state index in [2.05, 4.69) is 0 Å². The molecular weight excluding hydrogens is 1220 g/mol. The molecule has 2 aliphatic heterocycles. The molecule has 0 saturated carbocycles. The lowest BCUT2D eigenvalue weighted by molar-refractivity contribution is -0.141. The van der Waals surface area contributed by atoms with E-state index in [0.717, 1.165) is 40.3 Å². The maximum absolute atomic E-state index is 12.7. The number of ketones is 4. The van der Waals surface area contributed by atoms with E-state index in [1.54, 1.807) is 24.3 Å². The van der Waals surface area contributed by atoms with Crippen LogP contribution in [0.3, 0.4) is 0 Å². The van der Waals surface area contributed by atoms with Crippen molar-refractivity contribution >= 4 is 133 Å². The minimum atomic E-state index is -1.00. The number of aliphatic carboxylic acids is 4. The maximum atomic E-state index is 12.7. The summed E-state index contributed by atoms with van der Waals surface area (Å²) in [6.45, 7) is 8.78. The van der Waals surface area contributed by atoms with Crippen molar-refractivity contribution in [3.05, 3.63) is 92.3 Å².